The van der Waals surface area contributed by atoms with Crippen molar-refractivity contribution in [2.45, 2.75) is 29.9 Å². The molecule has 0 aliphatic carbocycles. The van der Waals surface area contributed by atoms with Crippen LogP contribution in [0, 0.1) is 5.41 Å². The molecule has 1 amide bonds. The minimum absolute atomic E-state index is 0.0815. The number of hydrogen-bond acceptors (Lipinski definition) is 7. The monoisotopic (exact) mass is 343 g/mol. The van der Waals surface area contributed by atoms with Crippen molar-refractivity contribution in [3.8, 4) is 0 Å². The van der Waals surface area contributed by atoms with E-state index in [1.165, 1.54) is 23.5 Å². The quantitative estimate of drug-likeness (QED) is 0.592. The Hall–Kier alpha value is -1.19. The van der Waals surface area contributed by atoms with Crippen molar-refractivity contribution in [1.29, 1.82) is 0 Å². The summed E-state index contributed by atoms with van der Waals surface area (Å²) in [6, 6.07) is -0.495. The molecule has 0 bridgehead atoms. The fourth-order valence-electron chi connectivity index (χ4n) is 2.54. The highest BCUT2D eigenvalue weighted by Crippen LogP contribution is 2.43. The van der Waals surface area contributed by atoms with Crippen LogP contribution in [0.1, 0.15) is 12.8 Å². The fourth-order valence-corrected chi connectivity index (χ4v) is 5.18. The molecule has 3 rings (SSSR count). The number of amides is 1. The van der Waals surface area contributed by atoms with Gasteiger partial charge in [0.2, 0.25) is 5.91 Å². The molecule has 0 saturated carbocycles. The van der Waals surface area contributed by atoms with Crippen LogP contribution in [0.15, 0.2) is 15.7 Å². The predicted octanol–water partition coefficient (Wildman–Crippen LogP) is 0.642. The van der Waals surface area contributed by atoms with Crippen LogP contribution in [0.5, 0.6) is 0 Å². The number of fused-ring (bicyclic) bond motifs is 1. The maximum atomic E-state index is 11.8. The number of nitrogens with two attached hydrogens (primary N) is 1. The van der Waals surface area contributed by atoms with Gasteiger partial charge in [-0.2, -0.15) is 0 Å². The van der Waals surface area contributed by atoms with Gasteiger partial charge in [0.1, 0.15) is 16.8 Å². The zero-order valence-corrected chi connectivity index (χ0v) is 13.7. The number of carbonyl (C=O) groups is 2. The Bertz CT molecular complexity index is 608. The Morgan fingerprint density at radius 3 is 3.14 bits per heavy atom. The lowest BCUT2D eigenvalue weighted by Crippen LogP contribution is -2.72. The molecule has 1 aromatic heterocycles. The van der Waals surface area contributed by atoms with Gasteiger partial charge in [-0.05, 0) is 0 Å². The number of aliphatic carboxylic acids is 1. The second kappa shape index (κ2) is 5.78. The van der Waals surface area contributed by atoms with Crippen LogP contribution in [-0.4, -0.2) is 56.3 Å². The first-order valence-corrected chi connectivity index (χ1v) is 8.99. The molecule has 1 aromatic rings. The number of aryl methyl sites for hydroxylation is 1. The topological polar surface area (TPSA) is 110 Å². The molecule has 2 saturated heterocycles. The number of nitrogens with zero attached hydrogens (tertiary/aromatic N) is 2. The molecular formula is C13H17N3O4S2. The second-order valence-corrected chi connectivity index (χ2v) is 7.58. The molecule has 2 unspecified atom stereocenters. The van der Waals surface area contributed by atoms with Crippen LogP contribution in [0.2, 0.25) is 0 Å². The highest BCUT2D eigenvalue weighted by Gasteiger charge is 2.55. The van der Waals surface area contributed by atoms with Crippen LogP contribution >= 0.6 is 23.5 Å². The molecule has 3 atom stereocenters. The molecule has 2 fully saturated rings. The highest BCUT2D eigenvalue weighted by atomic mass is 32.2. The smallest absolute Gasteiger partial charge is 0.313 e. The molecule has 2 aliphatic heterocycles. The van der Waals surface area contributed by atoms with Crippen LogP contribution in [0.3, 0.4) is 0 Å². The van der Waals surface area contributed by atoms with Crippen LogP contribution in [-0.2, 0) is 16.0 Å². The molecular weight excluding hydrogens is 326 g/mol. The van der Waals surface area contributed by atoms with Gasteiger partial charge < -0.3 is 20.2 Å². The maximum Gasteiger partial charge on any atom is 0.313 e. The summed E-state index contributed by atoms with van der Waals surface area (Å²) in [5.41, 5.74) is 4.75. The van der Waals surface area contributed by atoms with E-state index < -0.39 is 17.4 Å². The largest absolute Gasteiger partial charge is 0.481 e. The summed E-state index contributed by atoms with van der Waals surface area (Å²) >= 11 is 2.77. The third-order valence-corrected chi connectivity index (χ3v) is 6.74. The van der Waals surface area contributed by atoms with Gasteiger partial charge in [0.25, 0.3) is 0 Å². The van der Waals surface area contributed by atoms with Crippen molar-refractivity contribution in [1.82, 2.24) is 9.88 Å². The number of hydrogen-bond donors (Lipinski definition) is 2. The van der Waals surface area contributed by atoms with E-state index in [1.54, 1.807) is 11.1 Å². The summed E-state index contributed by atoms with van der Waals surface area (Å²) in [6.45, 7) is 2.14. The van der Waals surface area contributed by atoms with Crippen molar-refractivity contribution >= 4 is 35.4 Å². The van der Waals surface area contributed by atoms with Crippen molar-refractivity contribution in [2.24, 2.45) is 11.1 Å². The van der Waals surface area contributed by atoms with Gasteiger partial charge in [0, 0.05) is 24.5 Å². The highest BCUT2D eigenvalue weighted by molar-refractivity contribution is 8.00. The first kappa shape index (κ1) is 15.7. The average molecular weight is 343 g/mol. The van der Waals surface area contributed by atoms with Crippen molar-refractivity contribution < 1.29 is 19.1 Å². The summed E-state index contributed by atoms with van der Waals surface area (Å²) < 4.78 is 5.50. The summed E-state index contributed by atoms with van der Waals surface area (Å²) in [4.78, 5) is 29.2. The first-order chi connectivity index (χ1) is 10.5. The first-order valence-electron chi connectivity index (χ1n) is 6.95. The van der Waals surface area contributed by atoms with Gasteiger partial charge in [0.15, 0.2) is 11.0 Å². The van der Waals surface area contributed by atoms with E-state index in [9.17, 15) is 14.7 Å². The molecule has 120 valence electrons. The fraction of sp³-hybridized carbons (Fsp3) is 0.615. The summed E-state index contributed by atoms with van der Waals surface area (Å²) in [6.07, 6.45) is 2.31. The lowest BCUT2D eigenvalue weighted by Gasteiger charge is -2.52. The summed E-state index contributed by atoms with van der Waals surface area (Å²) in [5.74, 6) is 0.343. The number of carboxylic acids is 1. The maximum absolute atomic E-state index is 11.8. The van der Waals surface area contributed by atoms with E-state index in [-0.39, 0.29) is 17.8 Å². The molecule has 7 nitrogen and oxygen atoms in total. The number of thioether (sulfide) groups is 2. The normalized spacial score (nSPS) is 30.8. The van der Waals surface area contributed by atoms with Crippen molar-refractivity contribution in [3.05, 3.63) is 12.1 Å². The van der Waals surface area contributed by atoms with Crippen LogP contribution in [0.4, 0.5) is 0 Å². The number of β-lactam (4-membered cyclic amide) rings is 1. The van der Waals surface area contributed by atoms with Crippen molar-refractivity contribution in [3.63, 3.8) is 0 Å². The lowest BCUT2D eigenvalue weighted by atomic mass is 9.89. The summed E-state index contributed by atoms with van der Waals surface area (Å²) in [5, 5.41) is 10.2. The Labute approximate surface area is 136 Å². The Morgan fingerprint density at radius 2 is 2.50 bits per heavy atom. The average Bonchev–Trinajstić information content (AvgIpc) is 2.99. The molecule has 0 spiro atoms. The number of carboxylic acid groups (broad SMARTS) is 1. The van der Waals surface area contributed by atoms with E-state index in [1.807, 2.05) is 6.92 Å². The number of rotatable bonds is 5. The van der Waals surface area contributed by atoms with E-state index in [2.05, 4.69) is 4.98 Å². The molecule has 3 N–H and O–H groups in total. The number of oxazole rings is 1. The Balaban J connectivity index is 1.70. The SMILES string of the molecule is CCc1ncc(SCC2(C(=O)O)CS[C@@H]3C(N)C(=O)N3C2)o1. The minimum Gasteiger partial charge on any atom is -0.481 e. The number of aromatic nitrogens is 1. The van der Waals surface area contributed by atoms with Gasteiger partial charge in [0.05, 0.1) is 6.20 Å². The Morgan fingerprint density at radius 1 is 1.73 bits per heavy atom. The zero-order chi connectivity index (χ0) is 15.9. The molecule has 2 aliphatic rings. The molecule has 22 heavy (non-hydrogen) atoms. The third-order valence-electron chi connectivity index (χ3n) is 3.97. The Kier molecular flexibility index (Phi) is 4.13. The van der Waals surface area contributed by atoms with Crippen LogP contribution in [0.25, 0.3) is 0 Å². The molecule has 3 heterocycles. The van der Waals surface area contributed by atoms with Crippen molar-refractivity contribution in [2.75, 3.05) is 18.1 Å². The van der Waals surface area contributed by atoms with Gasteiger partial charge >= 0.3 is 5.97 Å². The standard InChI is InChI=1S/C13H17N3O4S2/c1-2-7-15-3-8(20-7)21-5-13(12(18)19)4-16-10(17)9(14)11(16)22-6-13/h3,9,11H,2,4-6,14H2,1H3,(H,18,19)/t9?,11-,13?/m1/s1. The number of carbonyl (C=O) groups excluding carboxylic acids is 1. The summed E-state index contributed by atoms with van der Waals surface area (Å²) in [7, 11) is 0. The third kappa shape index (κ3) is 2.50. The van der Waals surface area contributed by atoms with E-state index in [4.69, 9.17) is 10.2 Å². The van der Waals surface area contributed by atoms with Gasteiger partial charge in [-0.1, -0.05) is 18.7 Å². The van der Waals surface area contributed by atoms with Gasteiger partial charge in [-0.3, -0.25) is 9.59 Å². The van der Waals surface area contributed by atoms with Crippen LogP contribution < -0.4 is 5.73 Å². The molecule has 0 aromatic carbocycles. The molecule has 0 radical (unpaired) electrons. The van der Waals surface area contributed by atoms with E-state index in [0.717, 1.165) is 0 Å². The van der Waals surface area contributed by atoms with Gasteiger partial charge in [-0.15, -0.1) is 11.8 Å². The molecule has 9 heteroatoms. The minimum atomic E-state index is -0.985. The van der Waals surface area contributed by atoms with Gasteiger partial charge in [-0.25, -0.2) is 4.98 Å². The van der Waals surface area contributed by atoms with E-state index >= 15 is 0 Å². The lowest BCUT2D eigenvalue weighted by molar-refractivity contribution is -0.155. The van der Waals surface area contributed by atoms with E-state index in [0.29, 0.717) is 28.9 Å². The second-order valence-electron chi connectivity index (χ2n) is 5.49. The zero-order valence-electron chi connectivity index (χ0n) is 12.0. The predicted molar refractivity (Wildman–Crippen MR) is 82.6 cm³/mol.